The molecule has 0 fully saturated rings. The van der Waals surface area contributed by atoms with E-state index in [0.717, 1.165) is 24.6 Å². The number of hydrogen-bond acceptors (Lipinski definition) is 4. The average molecular weight is 318 g/mol. The molecule has 0 saturated carbocycles. The smallest absolute Gasteiger partial charge is 0.213 e. The van der Waals surface area contributed by atoms with Crippen LogP contribution in [0.3, 0.4) is 0 Å². The number of guanidine groups is 1. The second-order valence-electron chi connectivity index (χ2n) is 4.78. The molecule has 22 heavy (non-hydrogen) atoms. The third kappa shape index (κ3) is 4.73. The summed E-state index contributed by atoms with van der Waals surface area (Å²) in [7, 11) is 1.62. The number of nitrogens with one attached hydrogen (secondary N) is 2. The van der Waals surface area contributed by atoms with Crippen LogP contribution in [-0.4, -0.2) is 24.6 Å². The van der Waals surface area contributed by atoms with Crippen LogP contribution < -0.4 is 15.4 Å². The number of pyridine rings is 1. The molecular formula is C16H22N4OS. The Bertz CT molecular complexity index is 624. The van der Waals surface area contributed by atoms with Gasteiger partial charge in [-0.25, -0.2) is 9.98 Å². The fourth-order valence-electron chi connectivity index (χ4n) is 1.92. The van der Waals surface area contributed by atoms with Gasteiger partial charge in [-0.3, -0.25) is 0 Å². The zero-order valence-electron chi connectivity index (χ0n) is 13.2. The van der Waals surface area contributed by atoms with Gasteiger partial charge in [-0.2, -0.15) is 0 Å². The van der Waals surface area contributed by atoms with Crippen LogP contribution in [0, 0.1) is 6.92 Å². The van der Waals surface area contributed by atoms with Gasteiger partial charge in [0.25, 0.3) is 0 Å². The SMILES string of the molecule is CCNC(=NCc1ccnc(OC)c1)NCc1sccc1C. The molecule has 0 aliphatic carbocycles. The third-order valence-corrected chi connectivity index (χ3v) is 4.18. The number of aryl methyl sites for hydroxylation is 1. The lowest BCUT2D eigenvalue weighted by molar-refractivity contribution is 0.397. The number of hydrogen-bond donors (Lipinski definition) is 2. The maximum absolute atomic E-state index is 5.13. The number of thiophene rings is 1. The summed E-state index contributed by atoms with van der Waals surface area (Å²) in [5, 5.41) is 8.74. The molecule has 2 rings (SSSR count). The third-order valence-electron chi connectivity index (χ3n) is 3.16. The number of aliphatic imine (C=N–C) groups is 1. The Balaban J connectivity index is 1.98. The maximum Gasteiger partial charge on any atom is 0.213 e. The molecule has 0 saturated heterocycles. The Hall–Kier alpha value is -2.08. The molecule has 5 nitrogen and oxygen atoms in total. The lowest BCUT2D eigenvalue weighted by Crippen LogP contribution is -2.36. The van der Waals surface area contributed by atoms with Crippen LogP contribution in [0.4, 0.5) is 0 Å². The number of ether oxygens (including phenoxy) is 1. The van der Waals surface area contributed by atoms with Crippen molar-refractivity contribution >= 4 is 17.3 Å². The van der Waals surface area contributed by atoms with Gasteiger partial charge in [-0.05, 0) is 42.5 Å². The summed E-state index contributed by atoms with van der Waals surface area (Å²) in [6.07, 6.45) is 1.74. The van der Waals surface area contributed by atoms with Crippen LogP contribution >= 0.6 is 11.3 Å². The lowest BCUT2D eigenvalue weighted by atomic mass is 10.3. The minimum absolute atomic E-state index is 0.581. The highest BCUT2D eigenvalue weighted by atomic mass is 32.1. The van der Waals surface area contributed by atoms with Crippen molar-refractivity contribution in [3.05, 3.63) is 45.8 Å². The molecule has 0 aliphatic heterocycles. The van der Waals surface area contributed by atoms with Crippen molar-refractivity contribution < 1.29 is 4.74 Å². The largest absolute Gasteiger partial charge is 0.481 e. The molecule has 0 atom stereocenters. The van der Waals surface area contributed by atoms with Crippen molar-refractivity contribution in [3.63, 3.8) is 0 Å². The van der Waals surface area contributed by atoms with Crippen LogP contribution in [0.2, 0.25) is 0 Å². The summed E-state index contributed by atoms with van der Waals surface area (Å²) in [6, 6.07) is 5.98. The monoisotopic (exact) mass is 318 g/mol. The van der Waals surface area contributed by atoms with Crippen molar-refractivity contribution in [2.45, 2.75) is 26.9 Å². The fourth-order valence-corrected chi connectivity index (χ4v) is 2.77. The van der Waals surface area contributed by atoms with Gasteiger partial charge in [0.15, 0.2) is 5.96 Å². The maximum atomic E-state index is 5.13. The van der Waals surface area contributed by atoms with E-state index in [1.165, 1.54) is 10.4 Å². The second-order valence-corrected chi connectivity index (χ2v) is 5.78. The summed E-state index contributed by atoms with van der Waals surface area (Å²) in [5.74, 6) is 1.42. The molecule has 0 amide bonds. The zero-order chi connectivity index (χ0) is 15.8. The predicted molar refractivity (Wildman–Crippen MR) is 91.5 cm³/mol. The number of nitrogens with zero attached hydrogens (tertiary/aromatic N) is 2. The van der Waals surface area contributed by atoms with Crippen LogP contribution in [0.25, 0.3) is 0 Å². The molecule has 0 radical (unpaired) electrons. The van der Waals surface area contributed by atoms with Gasteiger partial charge in [0.05, 0.1) is 20.2 Å². The number of aromatic nitrogens is 1. The molecule has 0 spiro atoms. The van der Waals surface area contributed by atoms with Crippen LogP contribution in [0.5, 0.6) is 5.88 Å². The molecule has 0 unspecified atom stereocenters. The van der Waals surface area contributed by atoms with E-state index in [0.29, 0.717) is 12.4 Å². The first-order chi connectivity index (χ1) is 10.7. The first kappa shape index (κ1) is 16.3. The standard InChI is InChI=1S/C16H22N4OS/c1-4-17-16(20-11-14-12(2)6-8-22-14)19-10-13-5-7-18-15(9-13)21-3/h5-9H,4,10-11H2,1-3H3,(H2,17,19,20). The number of methoxy groups -OCH3 is 1. The normalized spacial score (nSPS) is 11.3. The van der Waals surface area contributed by atoms with Crippen LogP contribution in [-0.2, 0) is 13.1 Å². The highest BCUT2D eigenvalue weighted by molar-refractivity contribution is 7.10. The van der Waals surface area contributed by atoms with E-state index in [1.54, 1.807) is 24.6 Å². The summed E-state index contributed by atoms with van der Waals surface area (Å²) < 4.78 is 5.13. The minimum Gasteiger partial charge on any atom is -0.481 e. The second kappa shape index (κ2) is 8.38. The van der Waals surface area contributed by atoms with Gasteiger partial charge in [0.2, 0.25) is 5.88 Å². The minimum atomic E-state index is 0.581. The van der Waals surface area contributed by atoms with Crippen LogP contribution in [0.15, 0.2) is 34.8 Å². The quantitative estimate of drug-likeness (QED) is 0.635. The molecule has 2 aromatic heterocycles. The Morgan fingerprint density at radius 1 is 1.36 bits per heavy atom. The van der Waals surface area contributed by atoms with Gasteiger partial charge < -0.3 is 15.4 Å². The molecule has 0 bridgehead atoms. The Kier molecular flexibility index (Phi) is 6.21. The van der Waals surface area contributed by atoms with E-state index in [9.17, 15) is 0 Å². The van der Waals surface area contributed by atoms with Crippen molar-refractivity contribution in [1.29, 1.82) is 0 Å². The highest BCUT2D eigenvalue weighted by Crippen LogP contribution is 2.14. The number of rotatable bonds is 6. The molecular weight excluding hydrogens is 296 g/mol. The van der Waals surface area contributed by atoms with Crippen molar-refractivity contribution in [3.8, 4) is 5.88 Å². The molecule has 0 aromatic carbocycles. The van der Waals surface area contributed by atoms with E-state index in [4.69, 9.17) is 4.74 Å². The van der Waals surface area contributed by atoms with Gasteiger partial charge in [-0.15, -0.1) is 11.3 Å². The summed E-state index contributed by atoms with van der Waals surface area (Å²) >= 11 is 1.76. The lowest BCUT2D eigenvalue weighted by Gasteiger charge is -2.11. The van der Waals surface area contributed by atoms with Gasteiger partial charge >= 0.3 is 0 Å². The van der Waals surface area contributed by atoms with Gasteiger partial charge in [0, 0.05) is 23.7 Å². The fraction of sp³-hybridized carbons (Fsp3) is 0.375. The Morgan fingerprint density at radius 2 is 2.23 bits per heavy atom. The van der Waals surface area contributed by atoms with E-state index < -0.39 is 0 Å². The van der Waals surface area contributed by atoms with Crippen molar-refractivity contribution in [1.82, 2.24) is 15.6 Å². The van der Waals surface area contributed by atoms with Gasteiger partial charge in [0.1, 0.15) is 0 Å². The molecule has 2 heterocycles. The predicted octanol–water partition coefficient (Wildman–Crippen LogP) is 2.72. The Morgan fingerprint density at radius 3 is 2.91 bits per heavy atom. The van der Waals surface area contributed by atoms with Crippen molar-refractivity contribution in [2.75, 3.05) is 13.7 Å². The van der Waals surface area contributed by atoms with Crippen LogP contribution in [0.1, 0.15) is 22.9 Å². The highest BCUT2D eigenvalue weighted by Gasteiger charge is 2.02. The first-order valence-electron chi connectivity index (χ1n) is 7.27. The molecule has 6 heteroatoms. The molecule has 118 valence electrons. The van der Waals surface area contributed by atoms with E-state index in [1.807, 2.05) is 12.1 Å². The molecule has 0 aliphatic rings. The summed E-state index contributed by atoms with van der Waals surface area (Å²) in [5.41, 5.74) is 2.38. The summed E-state index contributed by atoms with van der Waals surface area (Å²) in [4.78, 5) is 10.0. The zero-order valence-corrected chi connectivity index (χ0v) is 14.0. The average Bonchev–Trinajstić information content (AvgIpc) is 2.95. The first-order valence-corrected chi connectivity index (χ1v) is 8.15. The molecule has 2 N–H and O–H groups in total. The molecule has 2 aromatic rings. The van der Waals surface area contributed by atoms with E-state index in [2.05, 4.69) is 45.9 Å². The Labute approximate surface area is 135 Å². The van der Waals surface area contributed by atoms with Crippen molar-refractivity contribution in [2.24, 2.45) is 4.99 Å². The topological polar surface area (TPSA) is 58.5 Å². The van der Waals surface area contributed by atoms with E-state index in [-0.39, 0.29) is 0 Å². The van der Waals surface area contributed by atoms with Gasteiger partial charge in [-0.1, -0.05) is 0 Å². The summed E-state index contributed by atoms with van der Waals surface area (Å²) in [6.45, 7) is 6.38. The van der Waals surface area contributed by atoms with E-state index >= 15 is 0 Å².